The molecule has 0 saturated carbocycles. The molecule has 0 heterocycles. The van der Waals surface area contributed by atoms with E-state index in [2.05, 4.69) is 29.6 Å². The van der Waals surface area contributed by atoms with Crippen LogP contribution >= 0.6 is 0 Å². The van der Waals surface area contributed by atoms with Gasteiger partial charge in [-0.1, -0.05) is 60.7 Å². The molecule has 3 aromatic carbocycles. The van der Waals surface area contributed by atoms with Crippen molar-refractivity contribution in [3.05, 3.63) is 89.5 Å². The van der Waals surface area contributed by atoms with Crippen LogP contribution in [0.25, 0.3) is 11.1 Å². The van der Waals surface area contributed by atoms with E-state index < -0.39 is 12.1 Å². The molecule has 0 unspecified atom stereocenters. The number of aliphatic hydroxyl groups excluding tert-OH is 1. The zero-order chi connectivity index (χ0) is 20.2. The second kappa shape index (κ2) is 8.37. The van der Waals surface area contributed by atoms with Crippen molar-refractivity contribution in [2.24, 2.45) is 0 Å². The van der Waals surface area contributed by atoms with E-state index in [0.717, 1.165) is 16.7 Å². The standard InChI is InChI=1S/C24H23NO4/c1-28-17-8-6-7-16(13-17)23(14-26)25-24(27)29-15-22-20-11-4-2-9-18(20)19-10-3-5-12-21(19)22/h2-13,22-23,26H,14-15H2,1H3,(H,25,27)/t23-/m0/s1. The van der Waals surface area contributed by atoms with Gasteiger partial charge in [-0.2, -0.15) is 0 Å². The number of amides is 1. The van der Waals surface area contributed by atoms with Crippen LogP contribution < -0.4 is 10.1 Å². The molecule has 0 bridgehead atoms. The molecule has 0 fully saturated rings. The van der Waals surface area contributed by atoms with Gasteiger partial charge in [-0.05, 0) is 39.9 Å². The van der Waals surface area contributed by atoms with Gasteiger partial charge >= 0.3 is 6.09 Å². The lowest BCUT2D eigenvalue weighted by atomic mass is 9.98. The van der Waals surface area contributed by atoms with E-state index in [0.29, 0.717) is 5.75 Å². The number of rotatable bonds is 6. The number of fused-ring (bicyclic) bond motifs is 3. The SMILES string of the molecule is COc1cccc([C@H](CO)NC(=O)OCC2c3ccccc3-c3ccccc32)c1. The van der Waals surface area contributed by atoms with E-state index in [9.17, 15) is 9.90 Å². The average molecular weight is 389 g/mol. The summed E-state index contributed by atoms with van der Waals surface area (Å²) in [4.78, 5) is 12.4. The van der Waals surface area contributed by atoms with E-state index >= 15 is 0 Å². The first kappa shape index (κ1) is 19.0. The highest BCUT2D eigenvalue weighted by atomic mass is 16.5. The number of carbonyl (C=O) groups excluding carboxylic acids is 1. The molecule has 4 rings (SSSR count). The molecule has 1 aliphatic carbocycles. The van der Waals surface area contributed by atoms with Crippen LogP contribution in [0, 0.1) is 0 Å². The van der Waals surface area contributed by atoms with Crippen molar-refractivity contribution < 1.29 is 19.4 Å². The van der Waals surface area contributed by atoms with Crippen molar-refractivity contribution in [3.8, 4) is 16.9 Å². The Morgan fingerprint density at radius 2 is 1.66 bits per heavy atom. The first-order chi connectivity index (χ1) is 14.2. The quantitative estimate of drug-likeness (QED) is 0.661. The second-order valence-corrected chi connectivity index (χ2v) is 6.98. The number of nitrogens with one attached hydrogen (secondary N) is 1. The Hall–Kier alpha value is -3.31. The molecule has 0 radical (unpaired) electrons. The minimum Gasteiger partial charge on any atom is -0.497 e. The van der Waals surface area contributed by atoms with E-state index in [4.69, 9.17) is 9.47 Å². The Bertz CT molecular complexity index is 972. The summed E-state index contributed by atoms with van der Waals surface area (Å²) in [5.41, 5.74) is 5.44. The smallest absolute Gasteiger partial charge is 0.407 e. The third-order valence-corrected chi connectivity index (χ3v) is 5.31. The molecular weight excluding hydrogens is 366 g/mol. The van der Waals surface area contributed by atoms with Gasteiger partial charge in [-0.25, -0.2) is 4.79 Å². The molecule has 1 amide bonds. The fourth-order valence-corrected chi connectivity index (χ4v) is 3.87. The normalized spacial score (nSPS) is 13.3. The number of carbonyl (C=O) groups is 1. The summed E-state index contributed by atoms with van der Waals surface area (Å²) in [5.74, 6) is 0.660. The lowest BCUT2D eigenvalue weighted by Crippen LogP contribution is -2.32. The van der Waals surface area contributed by atoms with Gasteiger partial charge in [0.2, 0.25) is 0 Å². The molecule has 0 aliphatic heterocycles. The Kier molecular flexibility index (Phi) is 5.49. The maximum Gasteiger partial charge on any atom is 0.407 e. The van der Waals surface area contributed by atoms with Gasteiger partial charge in [0.05, 0.1) is 19.8 Å². The van der Waals surface area contributed by atoms with Crippen LogP contribution in [0.1, 0.15) is 28.7 Å². The highest BCUT2D eigenvalue weighted by Gasteiger charge is 2.29. The first-order valence-corrected chi connectivity index (χ1v) is 9.57. The van der Waals surface area contributed by atoms with Crippen molar-refractivity contribution >= 4 is 6.09 Å². The van der Waals surface area contributed by atoms with Gasteiger partial charge in [0.1, 0.15) is 12.4 Å². The number of aliphatic hydroxyl groups is 1. The lowest BCUT2D eigenvalue weighted by molar-refractivity contribution is 0.132. The summed E-state index contributed by atoms with van der Waals surface area (Å²) in [6, 6.07) is 23.1. The van der Waals surface area contributed by atoms with E-state index in [-0.39, 0.29) is 19.1 Å². The molecule has 0 aromatic heterocycles. The van der Waals surface area contributed by atoms with Crippen molar-refractivity contribution in [3.63, 3.8) is 0 Å². The summed E-state index contributed by atoms with van der Waals surface area (Å²) < 4.78 is 10.8. The molecule has 148 valence electrons. The Morgan fingerprint density at radius 1 is 1.00 bits per heavy atom. The maximum absolute atomic E-state index is 12.4. The Balaban J connectivity index is 1.45. The van der Waals surface area contributed by atoms with Crippen LogP contribution in [0.4, 0.5) is 4.79 Å². The van der Waals surface area contributed by atoms with Gasteiger partial charge in [-0.15, -0.1) is 0 Å². The van der Waals surface area contributed by atoms with Gasteiger partial charge in [0, 0.05) is 5.92 Å². The largest absolute Gasteiger partial charge is 0.497 e. The summed E-state index contributed by atoms with van der Waals surface area (Å²) in [6.45, 7) is -0.00647. The summed E-state index contributed by atoms with van der Waals surface area (Å²) in [6.07, 6.45) is -0.561. The molecule has 3 aromatic rings. The number of benzene rings is 3. The monoisotopic (exact) mass is 389 g/mol. The van der Waals surface area contributed by atoms with Crippen LogP contribution in [-0.4, -0.2) is 31.5 Å². The number of alkyl carbamates (subject to hydrolysis) is 1. The number of methoxy groups -OCH3 is 1. The molecule has 29 heavy (non-hydrogen) atoms. The van der Waals surface area contributed by atoms with Gasteiger partial charge in [0.15, 0.2) is 0 Å². The predicted octanol–water partition coefficient (Wildman–Crippen LogP) is 4.27. The Labute approximate surface area is 169 Å². The number of hydrogen-bond donors (Lipinski definition) is 2. The zero-order valence-electron chi connectivity index (χ0n) is 16.2. The minimum absolute atomic E-state index is 0.00227. The topological polar surface area (TPSA) is 67.8 Å². The fraction of sp³-hybridized carbons (Fsp3) is 0.208. The van der Waals surface area contributed by atoms with E-state index in [1.165, 1.54) is 11.1 Å². The van der Waals surface area contributed by atoms with Gasteiger partial charge < -0.3 is 19.9 Å². The van der Waals surface area contributed by atoms with E-state index in [1.54, 1.807) is 13.2 Å². The second-order valence-electron chi connectivity index (χ2n) is 6.98. The molecule has 0 spiro atoms. The van der Waals surface area contributed by atoms with Gasteiger partial charge in [-0.3, -0.25) is 0 Å². The van der Waals surface area contributed by atoms with Crippen LogP contribution in [0.2, 0.25) is 0 Å². The van der Waals surface area contributed by atoms with Gasteiger partial charge in [0.25, 0.3) is 0 Å². The molecule has 5 heteroatoms. The van der Waals surface area contributed by atoms with Crippen molar-refractivity contribution in [1.29, 1.82) is 0 Å². The van der Waals surface area contributed by atoms with Crippen molar-refractivity contribution in [2.75, 3.05) is 20.3 Å². The molecule has 2 N–H and O–H groups in total. The van der Waals surface area contributed by atoms with Crippen LogP contribution in [0.5, 0.6) is 5.75 Å². The highest BCUT2D eigenvalue weighted by molar-refractivity contribution is 5.79. The lowest BCUT2D eigenvalue weighted by Gasteiger charge is -2.19. The predicted molar refractivity (Wildman–Crippen MR) is 111 cm³/mol. The summed E-state index contributed by atoms with van der Waals surface area (Å²) in [7, 11) is 1.58. The molecule has 1 atom stereocenters. The third kappa shape index (κ3) is 3.82. The molecule has 0 saturated heterocycles. The third-order valence-electron chi connectivity index (χ3n) is 5.31. The summed E-state index contributed by atoms with van der Waals surface area (Å²) >= 11 is 0. The average Bonchev–Trinajstić information content (AvgIpc) is 3.10. The van der Waals surface area contributed by atoms with Crippen molar-refractivity contribution in [1.82, 2.24) is 5.32 Å². The first-order valence-electron chi connectivity index (χ1n) is 9.57. The van der Waals surface area contributed by atoms with Crippen LogP contribution in [-0.2, 0) is 4.74 Å². The molecule has 5 nitrogen and oxygen atoms in total. The summed E-state index contributed by atoms with van der Waals surface area (Å²) in [5, 5.41) is 12.5. The minimum atomic E-state index is -0.569. The van der Waals surface area contributed by atoms with E-state index in [1.807, 2.05) is 42.5 Å². The highest BCUT2D eigenvalue weighted by Crippen LogP contribution is 2.44. The molecule has 1 aliphatic rings. The maximum atomic E-state index is 12.4. The van der Waals surface area contributed by atoms with Crippen LogP contribution in [0.15, 0.2) is 72.8 Å². The Morgan fingerprint density at radius 3 is 2.28 bits per heavy atom. The zero-order valence-corrected chi connectivity index (χ0v) is 16.2. The number of ether oxygens (including phenoxy) is 2. The molecular formula is C24H23NO4. The fourth-order valence-electron chi connectivity index (χ4n) is 3.87. The van der Waals surface area contributed by atoms with Crippen molar-refractivity contribution in [2.45, 2.75) is 12.0 Å². The van der Waals surface area contributed by atoms with Crippen LogP contribution in [0.3, 0.4) is 0 Å². The number of hydrogen-bond acceptors (Lipinski definition) is 4.